The normalized spacial score (nSPS) is 14.3. The lowest BCUT2D eigenvalue weighted by Gasteiger charge is -2.31. The molecule has 1 rings (SSSR count). The van der Waals surface area contributed by atoms with Crippen LogP contribution in [0.3, 0.4) is 0 Å². The summed E-state index contributed by atoms with van der Waals surface area (Å²) < 4.78 is 13.7. The lowest BCUT2D eigenvalue weighted by Crippen LogP contribution is -2.53. The molecule has 1 unspecified atom stereocenters. The van der Waals surface area contributed by atoms with E-state index in [1.165, 1.54) is 19.1 Å². The third-order valence-corrected chi connectivity index (χ3v) is 3.68. The highest BCUT2D eigenvalue weighted by molar-refractivity contribution is 6.30. The number of carbonyl (C=O) groups excluding carboxylic acids is 1. The summed E-state index contributed by atoms with van der Waals surface area (Å²) >= 11 is 17.1. The molecule has 0 saturated carbocycles. The average molecular weight is 314 g/mol. The number of benzene rings is 1. The molecule has 0 aliphatic carbocycles. The first kappa shape index (κ1) is 15.5. The van der Waals surface area contributed by atoms with Crippen LogP contribution < -0.4 is 5.43 Å². The Balaban J connectivity index is 2.73. The molecular weight excluding hydrogens is 301 g/mol. The van der Waals surface area contributed by atoms with Gasteiger partial charge in [0, 0.05) is 28.2 Å². The monoisotopic (exact) mass is 312 g/mol. The molecule has 3 nitrogen and oxygen atoms in total. The molecule has 1 amide bonds. The minimum Gasteiger partial charge on any atom is -0.270 e. The Kier molecular flexibility index (Phi) is 5.66. The van der Waals surface area contributed by atoms with E-state index in [4.69, 9.17) is 35.0 Å². The molecule has 0 radical (unpaired) electrons. The van der Waals surface area contributed by atoms with Gasteiger partial charge in [0.25, 0.3) is 5.91 Å². The Morgan fingerprint density at radius 2 is 2.00 bits per heavy atom. The van der Waals surface area contributed by atoms with Crippen LogP contribution in [0.1, 0.15) is 17.3 Å². The number of rotatable bonds is 5. The minimum absolute atomic E-state index is 0.0616. The van der Waals surface area contributed by atoms with E-state index < -0.39 is 18.1 Å². The van der Waals surface area contributed by atoms with Crippen LogP contribution in [0.15, 0.2) is 24.3 Å². The van der Waals surface area contributed by atoms with E-state index in [0.29, 0.717) is 10.6 Å². The van der Waals surface area contributed by atoms with E-state index in [1.807, 2.05) is 0 Å². The highest BCUT2D eigenvalue weighted by atomic mass is 35.5. The lowest BCUT2D eigenvalue weighted by molar-refractivity contribution is 0.0754. The van der Waals surface area contributed by atoms with Crippen LogP contribution in [0.25, 0.3) is 0 Å². The van der Waals surface area contributed by atoms with E-state index in [0.717, 1.165) is 4.53 Å². The number of nitrogens with zero attached hydrogens (tertiary/aromatic N) is 1. The summed E-state index contributed by atoms with van der Waals surface area (Å²) in [7, 11) is 0. The summed E-state index contributed by atoms with van der Waals surface area (Å²) in [5.74, 6) is -0.528. The van der Waals surface area contributed by atoms with Crippen molar-refractivity contribution in [1.82, 2.24) is 9.95 Å². The number of halogens is 4. The van der Waals surface area contributed by atoms with Crippen molar-refractivity contribution in [1.29, 1.82) is 0 Å². The number of amides is 1. The van der Waals surface area contributed by atoms with Gasteiger partial charge in [0.1, 0.15) is 6.67 Å². The lowest BCUT2D eigenvalue weighted by atomic mass is 10.1. The van der Waals surface area contributed by atoms with E-state index in [1.54, 1.807) is 12.1 Å². The highest BCUT2D eigenvalue weighted by Crippen LogP contribution is 2.18. The van der Waals surface area contributed by atoms with Gasteiger partial charge in [-0.05, 0) is 31.2 Å². The fraction of sp³-hybridized carbons (Fsp3) is 0.364. The van der Waals surface area contributed by atoms with E-state index in [2.05, 4.69) is 5.43 Å². The van der Waals surface area contributed by atoms with Crippen molar-refractivity contribution in [3.63, 3.8) is 0 Å². The third-order valence-electron chi connectivity index (χ3n) is 2.36. The Morgan fingerprint density at radius 1 is 1.44 bits per heavy atom. The zero-order valence-corrected chi connectivity index (χ0v) is 11.9. The minimum atomic E-state index is -1.16. The first-order valence-corrected chi connectivity index (χ1v) is 6.32. The predicted molar refractivity (Wildman–Crippen MR) is 71.7 cm³/mol. The van der Waals surface area contributed by atoms with Crippen LogP contribution in [-0.4, -0.2) is 28.5 Å². The fourth-order valence-electron chi connectivity index (χ4n) is 1.03. The molecule has 0 fully saturated rings. The van der Waals surface area contributed by atoms with Gasteiger partial charge in [-0.3, -0.25) is 10.2 Å². The van der Waals surface area contributed by atoms with Crippen LogP contribution in [0, 0.1) is 0 Å². The van der Waals surface area contributed by atoms with Gasteiger partial charge in [-0.25, -0.2) is 4.39 Å². The van der Waals surface area contributed by atoms with Crippen LogP contribution in [-0.2, 0) is 0 Å². The molecule has 0 aliphatic rings. The predicted octanol–water partition coefficient (Wildman–Crippen LogP) is 3.41. The molecule has 1 N–H and O–H groups in total. The summed E-state index contributed by atoms with van der Waals surface area (Å²) in [4.78, 5) is 11.8. The summed E-state index contributed by atoms with van der Waals surface area (Å²) in [5.41, 5.74) is 1.55. The molecule has 0 bridgehead atoms. The first-order valence-electron chi connectivity index (χ1n) is 5.07. The smallest absolute Gasteiger partial charge is 0.266 e. The summed E-state index contributed by atoms with van der Waals surface area (Å²) in [6.07, 6.45) is 0. The topological polar surface area (TPSA) is 32.3 Å². The van der Waals surface area contributed by atoms with Gasteiger partial charge in [0.05, 0.1) is 5.54 Å². The molecule has 1 aromatic rings. The molecule has 18 heavy (non-hydrogen) atoms. The van der Waals surface area contributed by atoms with Gasteiger partial charge >= 0.3 is 0 Å². The van der Waals surface area contributed by atoms with Crippen LogP contribution >= 0.6 is 35.0 Å². The quantitative estimate of drug-likeness (QED) is 0.513. The van der Waals surface area contributed by atoms with Gasteiger partial charge in [-0.2, -0.15) is 0 Å². The van der Waals surface area contributed by atoms with Crippen molar-refractivity contribution in [2.24, 2.45) is 0 Å². The second-order valence-corrected chi connectivity index (χ2v) is 5.03. The molecule has 100 valence electrons. The largest absolute Gasteiger partial charge is 0.270 e. The molecule has 0 aromatic heterocycles. The van der Waals surface area contributed by atoms with E-state index in [-0.39, 0.29) is 5.88 Å². The Labute approximate surface area is 120 Å². The zero-order chi connectivity index (χ0) is 13.8. The average Bonchev–Trinajstić information content (AvgIpc) is 2.38. The van der Waals surface area contributed by atoms with Crippen LogP contribution in [0.2, 0.25) is 5.02 Å². The molecule has 1 aromatic carbocycles. The SMILES string of the molecule is CC(CF)(CCl)N(Cl)NC(=O)c1ccc(Cl)cc1. The van der Waals surface area contributed by atoms with Crippen molar-refractivity contribution in [2.45, 2.75) is 12.5 Å². The van der Waals surface area contributed by atoms with Crippen molar-refractivity contribution in [3.8, 4) is 0 Å². The molecule has 7 heteroatoms. The summed E-state index contributed by atoms with van der Waals surface area (Å²) in [5, 5.41) is 0.517. The standard InChI is InChI=1S/C11H12Cl3FN2O/c1-11(6-12,7-15)17(14)16-10(18)8-2-4-9(13)5-3-8/h2-5H,6-7H2,1H3,(H,16,18). The molecule has 1 atom stereocenters. The molecule has 0 saturated heterocycles. The summed E-state index contributed by atoms with van der Waals surface area (Å²) in [6, 6.07) is 6.22. The number of hydrogen-bond acceptors (Lipinski definition) is 2. The number of hydrazine groups is 1. The number of hydrogen-bond donors (Lipinski definition) is 1. The molecule has 0 aliphatic heterocycles. The molecular formula is C11H12Cl3FN2O. The van der Waals surface area contributed by atoms with Gasteiger partial charge in [0.2, 0.25) is 0 Å². The van der Waals surface area contributed by atoms with Gasteiger partial charge in [0.15, 0.2) is 0 Å². The molecule has 0 heterocycles. The Morgan fingerprint density at radius 3 is 2.44 bits per heavy atom. The maximum absolute atomic E-state index is 12.8. The maximum Gasteiger partial charge on any atom is 0.266 e. The highest BCUT2D eigenvalue weighted by Gasteiger charge is 2.32. The molecule has 0 spiro atoms. The fourth-order valence-corrected chi connectivity index (χ4v) is 1.59. The number of nitrogens with one attached hydrogen (secondary N) is 1. The van der Waals surface area contributed by atoms with Crippen molar-refractivity contribution in [2.75, 3.05) is 12.6 Å². The Hall–Kier alpha value is -0.550. The van der Waals surface area contributed by atoms with Crippen LogP contribution in [0.4, 0.5) is 4.39 Å². The van der Waals surface area contributed by atoms with E-state index in [9.17, 15) is 9.18 Å². The van der Waals surface area contributed by atoms with Gasteiger partial charge in [-0.15, -0.1) is 16.1 Å². The Bertz CT molecular complexity index is 409. The van der Waals surface area contributed by atoms with Crippen molar-refractivity contribution >= 4 is 40.9 Å². The summed E-state index contributed by atoms with van der Waals surface area (Å²) in [6.45, 7) is 0.704. The number of alkyl halides is 2. The second-order valence-electron chi connectivity index (χ2n) is 3.99. The maximum atomic E-state index is 12.8. The first-order chi connectivity index (χ1) is 8.42. The van der Waals surface area contributed by atoms with Gasteiger partial charge in [-0.1, -0.05) is 11.6 Å². The van der Waals surface area contributed by atoms with Crippen molar-refractivity contribution < 1.29 is 9.18 Å². The third kappa shape index (κ3) is 3.72. The number of carbonyl (C=O) groups is 1. The van der Waals surface area contributed by atoms with Crippen LogP contribution in [0.5, 0.6) is 0 Å². The zero-order valence-electron chi connectivity index (χ0n) is 9.59. The van der Waals surface area contributed by atoms with Gasteiger partial charge < -0.3 is 0 Å². The van der Waals surface area contributed by atoms with Crippen molar-refractivity contribution in [3.05, 3.63) is 34.9 Å². The second kappa shape index (κ2) is 6.57. The van der Waals surface area contributed by atoms with E-state index >= 15 is 0 Å².